The first kappa shape index (κ1) is 12.7. The summed E-state index contributed by atoms with van der Waals surface area (Å²) in [6, 6.07) is 12.3. The summed E-state index contributed by atoms with van der Waals surface area (Å²) in [6.45, 7) is 2.08. The minimum absolute atomic E-state index is 0.857. The zero-order valence-electron chi connectivity index (χ0n) is 9.63. The molecule has 0 aliphatic rings. The fourth-order valence-electron chi connectivity index (χ4n) is 1.68. The van der Waals surface area contributed by atoms with Crippen LogP contribution in [0.3, 0.4) is 0 Å². The topological polar surface area (TPSA) is 9.23 Å². The molecule has 0 aliphatic carbocycles. The molecule has 0 aromatic heterocycles. The van der Waals surface area contributed by atoms with Crippen LogP contribution in [0.5, 0.6) is 5.75 Å². The van der Waals surface area contributed by atoms with Gasteiger partial charge in [0.1, 0.15) is 5.75 Å². The smallest absolute Gasteiger partial charge is 0.119 e. The van der Waals surface area contributed by atoms with E-state index in [9.17, 15) is 0 Å². The molecule has 0 fully saturated rings. The van der Waals surface area contributed by atoms with Gasteiger partial charge in [-0.2, -0.15) is 0 Å². The quantitative estimate of drug-likeness (QED) is 0.719. The van der Waals surface area contributed by atoms with Gasteiger partial charge >= 0.3 is 0 Å². The van der Waals surface area contributed by atoms with Crippen molar-refractivity contribution in [3.05, 3.63) is 50.9 Å². The Balaban J connectivity index is 2.59. The molecular weight excluding hydrogens is 344 g/mol. The Labute approximate surface area is 118 Å². The SMILES string of the molecule is COc1ccc(Br)c(-c2ccc(C)cc2Br)c1. The van der Waals surface area contributed by atoms with Gasteiger partial charge in [-0.05, 0) is 42.3 Å². The van der Waals surface area contributed by atoms with Crippen LogP contribution in [0.1, 0.15) is 5.56 Å². The molecule has 0 aliphatic heterocycles. The van der Waals surface area contributed by atoms with Gasteiger partial charge in [-0.1, -0.05) is 44.0 Å². The molecule has 0 N–H and O–H groups in total. The minimum Gasteiger partial charge on any atom is -0.497 e. The highest BCUT2D eigenvalue weighted by Gasteiger charge is 2.08. The third kappa shape index (κ3) is 2.72. The summed E-state index contributed by atoms with van der Waals surface area (Å²) in [7, 11) is 1.68. The van der Waals surface area contributed by atoms with Crippen molar-refractivity contribution < 1.29 is 4.74 Å². The van der Waals surface area contributed by atoms with Gasteiger partial charge < -0.3 is 4.74 Å². The number of methoxy groups -OCH3 is 1. The Morgan fingerprint density at radius 3 is 2.29 bits per heavy atom. The predicted octanol–water partition coefficient (Wildman–Crippen LogP) is 5.20. The normalized spacial score (nSPS) is 10.4. The van der Waals surface area contributed by atoms with Crippen molar-refractivity contribution in [3.63, 3.8) is 0 Å². The average Bonchev–Trinajstić information content (AvgIpc) is 2.30. The molecule has 0 saturated carbocycles. The van der Waals surface area contributed by atoms with Gasteiger partial charge in [-0.25, -0.2) is 0 Å². The van der Waals surface area contributed by atoms with Crippen LogP contribution >= 0.6 is 31.9 Å². The Morgan fingerprint density at radius 1 is 0.882 bits per heavy atom. The van der Waals surface area contributed by atoms with Gasteiger partial charge in [0.05, 0.1) is 7.11 Å². The summed E-state index contributed by atoms with van der Waals surface area (Å²) >= 11 is 7.18. The molecule has 3 heteroatoms. The van der Waals surface area contributed by atoms with E-state index in [-0.39, 0.29) is 0 Å². The van der Waals surface area contributed by atoms with Gasteiger partial charge in [-0.3, -0.25) is 0 Å². The predicted molar refractivity (Wildman–Crippen MR) is 78.6 cm³/mol. The van der Waals surface area contributed by atoms with Crippen molar-refractivity contribution in [3.8, 4) is 16.9 Å². The first-order valence-electron chi connectivity index (χ1n) is 5.22. The number of halogens is 2. The number of ether oxygens (including phenoxy) is 1. The van der Waals surface area contributed by atoms with Crippen LogP contribution in [0.25, 0.3) is 11.1 Å². The highest BCUT2D eigenvalue weighted by molar-refractivity contribution is 9.11. The van der Waals surface area contributed by atoms with Crippen LogP contribution in [0.2, 0.25) is 0 Å². The highest BCUT2D eigenvalue weighted by atomic mass is 79.9. The Bertz CT molecular complexity index is 550. The van der Waals surface area contributed by atoms with Crippen LogP contribution < -0.4 is 4.74 Å². The van der Waals surface area contributed by atoms with E-state index in [1.165, 1.54) is 5.56 Å². The summed E-state index contributed by atoms with van der Waals surface area (Å²) in [4.78, 5) is 0. The Morgan fingerprint density at radius 2 is 1.65 bits per heavy atom. The van der Waals surface area contributed by atoms with Gasteiger partial charge in [0, 0.05) is 14.5 Å². The van der Waals surface area contributed by atoms with E-state index in [0.29, 0.717) is 0 Å². The molecule has 17 heavy (non-hydrogen) atoms. The van der Waals surface area contributed by atoms with Gasteiger partial charge in [0.25, 0.3) is 0 Å². The van der Waals surface area contributed by atoms with Crippen molar-refractivity contribution in [2.45, 2.75) is 6.92 Å². The molecule has 0 atom stereocenters. The molecule has 0 spiro atoms. The Hall–Kier alpha value is -0.800. The fourth-order valence-corrected chi connectivity index (χ4v) is 2.84. The number of aryl methyl sites for hydroxylation is 1. The fraction of sp³-hybridized carbons (Fsp3) is 0.143. The first-order chi connectivity index (χ1) is 8.11. The number of benzene rings is 2. The lowest BCUT2D eigenvalue weighted by atomic mass is 10.0. The molecule has 1 nitrogen and oxygen atoms in total. The standard InChI is InChI=1S/C14H12Br2O/c1-9-3-5-11(14(16)7-9)12-8-10(17-2)4-6-13(12)15/h3-8H,1-2H3. The monoisotopic (exact) mass is 354 g/mol. The maximum absolute atomic E-state index is 5.26. The lowest BCUT2D eigenvalue weighted by molar-refractivity contribution is 0.415. The Kier molecular flexibility index (Phi) is 3.89. The zero-order chi connectivity index (χ0) is 12.4. The van der Waals surface area contributed by atoms with Crippen molar-refractivity contribution >= 4 is 31.9 Å². The lowest BCUT2D eigenvalue weighted by Gasteiger charge is -2.10. The first-order valence-corrected chi connectivity index (χ1v) is 6.80. The molecule has 2 aromatic carbocycles. The number of rotatable bonds is 2. The molecule has 2 rings (SSSR count). The molecule has 0 saturated heterocycles. The summed E-state index contributed by atoms with van der Waals surface area (Å²) in [5.41, 5.74) is 3.51. The summed E-state index contributed by atoms with van der Waals surface area (Å²) in [6.07, 6.45) is 0. The van der Waals surface area contributed by atoms with Crippen molar-refractivity contribution in [1.29, 1.82) is 0 Å². The van der Waals surface area contributed by atoms with E-state index in [2.05, 4.69) is 57.0 Å². The van der Waals surface area contributed by atoms with Crippen LogP contribution in [0.15, 0.2) is 45.3 Å². The van der Waals surface area contributed by atoms with E-state index in [0.717, 1.165) is 25.8 Å². The van der Waals surface area contributed by atoms with E-state index < -0.39 is 0 Å². The molecular formula is C14H12Br2O. The molecule has 0 heterocycles. The molecule has 0 bridgehead atoms. The molecule has 0 unspecified atom stereocenters. The van der Waals surface area contributed by atoms with Crippen molar-refractivity contribution in [2.75, 3.05) is 7.11 Å². The second-order valence-corrected chi connectivity index (χ2v) is 5.54. The van der Waals surface area contributed by atoms with Crippen molar-refractivity contribution in [2.24, 2.45) is 0 Å². The van der Waals surface area contributed by atoms with E-state index in [4.69, 9.17) is 4.74 Å². The largest absolute Gasteiger partial charge is 0.497 e. The number of hydrogen-bond acceptors (Lipinski definition) is 1. The second kappa shape index (κ2) is 5.23. The summed E-state index contributed by atoms with van der Waals surface area (Å²) < 4.78 is 7.41. The van der Waals surface area contributed by atoms with E-state index in [1.54, 1.807) is 7.11 Å². The average molecular weight is 356 g/mol. The summed E-state index contributed by atoms with van der Waals surface area (Å²) in [5, 5.41) is 0. The van der Waals surface area contributed by atoms with Crippen LogP contribution in [0.4, 0.5) is 0 Å². The van der Waals surface area contributed by atoms with Crippen molar-refractivity contribution in [1.82, 2.24) is 0 Å². The highest BCUT2D eigenvalue weighted by Crippen LogP contribution is 2.36. The van der Waals surface area contributed by atoms with Crippen LogP contribution in [0, 0.1) is 6.92 Å². The minimum atomic E-state index is 0.857. The van der Waals surface area contributed by atoms with E-state index >= 15 is 0 Å². The van der Waals surface area contributed by atoms with Gasteiger partial charge in [0.2, 0.25) is 0 Å². The zero-order valence-corrected chi connectivity index (χ0v) is 12.8. The van der Waals surface area contributed by atoms with Crippen LogP contribution in [-0.4, -0.2) is 7.11 Å². The van der Waals surface area contributed by atoms with Crippen LogP contribution in [-0.2, 0) is 0 Å². The molecule has 2 aromatic rings. The van der Waals surface area contributed by atoms with Gasteiger partial charge in [-0.15, -0.1) is 0 Å². The lowest BCUT2D eigenvalue weighted by Crippen LogP contribution is -1.87. The maximum atomic E-state index is 5.26. The summed E-state index contributed by atoms with van der Waals surface area (Å²) in [5.74, 6) is 0.857. The third-order valence-electron chi connectivity index (χ3n) is 2.59. The third-order valence-corrected chi connectivity index (χ3v) is 3.94. The van der Waals surface area contributed by atoms with Gasteiger partial charge in [0.15, 0.2) is 0 Å². The van der Waals surface area contributed by atoms with E-state index in [1.807, 2.05) is 18.2 Å². The molecule has 0 amide bonds. The second-order valence-electron chi connectivity index (χ2n) is 3.83. The molecule has 88 valence electrons. The maximum Gasteiger partial charge on any atom is 0.119 e. The number of hydrogen-bond donors (Lipinski definition) is 0. The molecule has 0 radical (unpaired) electrons.